The number of hydrogen-bond donors (Lipinski definition) is 1. The molecule has 1 aliphatic rings. The molecule has 1 saturated heterocycles. The van der Waals surface area contributed by atoms with Crippen LogP contribution in [0.25, 0.3) is 16.9 Å². The normalized spacial score (nSPS) is 14.3. The van der Waals surface area contributed by atoms with Crippen LogP contribution in [0, 0.1) is 0 Å². The minimum atomic E-state index is -0.617. The number of aromatic nitrogens is 4. The van der Waals surface area contributed by atoms with Crippen molar-refractivity contribution in [3.8, 4) is 17.6 Å². The van der Waals surface area contributed by atoms with Crippen LogP contribution in [0.5, 0.6) is 11.8 Å². The van der Waals surface area contributed by atoms with Gasteiger partial charge in [0.15, 0.2) is 11.0 Å². The summed E-state index contributed by atoms with van der Waals surface area (Å²) < 4.78 is 6.87. The molecule has 0 unspecified atom stereocenters. The lowest BCUT2D eigenvalue weighted by atomic mass is 10.3. The van der Waals surface area contributed by atoms with Crippen molar-refractivity contribution in [1.82, 2.24) is 29.3 Å². The summed E-state index contributed by atoms with van der Waals surface area (Å²) in [6, 6.07) is 3.17. The van der Waals surface area contributed by atoms with Gasteiger partial charge in [-0.05, 0) is 12.1 Å². The van der Waals surface area contributed by atoms with Crippen molar-refractivity contribution < 1.29 is 19.4 Å². The SMILES string of the molecule is CC(=O)N1CCN(C(=O)Oc2c3nccnc3c(O)n2-c2ccc(Cl)cn2)CC1. The molecule has 10 nitrogen and oxygen atoms in total. The summed E-state index contributed by atoms with van der Waals surface area (Å²) in [5.74, 6) is -0.00524. The minimum Gasteiger partial charge on any atom is -0.493 e. The number of rotatable bonds is 2. The second-order valence-electron chi connectivity index (χ2n) is 6.41. The molecule has 2 amide bonds. The van der Waals surface area contributed by atoms with Gasteiger partial charge in [0.25, 0.3) is 0 Å². The Kier molecular flexibility index (Phi) is 4.93. The first-order chi connectivity index (χ1) is 14.0. The van der Waals surface area contributed by atoms with E-state index in [9.17, 15) is 14.7 Å². The topological polar surface area (TPSA) is 114 Å². The lowest BCUT2D eigenvalue weighted by molar-refractivity contribution is -0.130. The zero-order valence-electron chi connectivity index (χ0n) is 15.4. The number of piperazine rings is 1. The van der Waals surface area contributed by atoms with Crippen LogP contribution in [0.15, 0.2) is 30.7 Å². The standard InChI is InChI=1S/C18H17ClN6O4/c1-11(26)23-6-8-24(9-7-23)18(28)29-17-15-14(20-4-5-21-15)16(27)25(17)13-3-2-12(19)10-22-13/h2-5,10,27H,6-9H2,1H3. The Hall–Kier alpha value is -3.40. The van der Waals surface area contributed by atoms with Gasteiger partial charge in [-0.3, -0.25) is 4.79 Å². The molecule has 0 atom stereocenters. The molecule has 3 aromatic heterocycles. The Labute approximate surface area is 170 Å². The molecule has 11 heteroatoms. The van der Waals surface area contributed by atoms with Crippen LogP contribution in [0.1, 0.15) is 6.92 Å². The maximum absolute atomic E-state index is 12.8. The van der Waals surface area contributed by atoms with Gasteiger partial charge in [0.1, 0.15) is 5.82 Å². The third-order valence-corrected chi connectivity index (χ3v) is 4.86. The second kappa shape index (κ2) is 7.55. The van der Waals surface area contributed by atoms with Crippen LogP contribution in [0.4, 0.5) is 4.79 Å². The maximum atomic E-state index is 12.8. The molecule has 1 fully saturated rings. The Morgan fingerprint density at radius 1 is 1.03 bits per heavy atom. The number of amides is 2. The molecule has 4 rings (SSSR count). The van der Waals surface area contributed by atoms with E-state index in [0.717, 1.165) is 0 Å². The zero-order chi connectivity index (χ0) is 20.5. The lowest BCUT2D eigenvalue weighted by Gasteiger charge is -2.33. The molecule has 0 bridgehead atoms. The quantitative estimate of drug-likeness (QED) is 0.677. The average Bonchev–Trinajstić information content (AvgIpc) is 3.01. The third-order valence-electron chi connectivity index (χ3n) is 4.64. The monoisotopic (exact) mass is 416 g/mol. The van der Waals surface area contributed by atoms with Crippen molar-refractivity contribution in [2.45, 2.75) is 6.92 Å². The van der Waals surface area contributed by atoms with Crippen molar-refractivity contribution >= 4 is 34.6 Å². The van der Waals surface area contributed by atoms with Crippen LogP contribution >= 0.6 is 11.6 Å². The van der Waals surface area contributed by atoms with Gasteiger partial charge < -0.3 is 19.6 Å². The molecule has 29 heavy (non-hydrogen) atoms. The number of carbonyl (C=O) groups is 2. The van der Waals surface area contributed by atoms with Crippen LogP contribution in [-0.4, -0.2) is 72.6 Å². The fourth-order valence-corrected chi connectivity index (χ4v) is 3.24. The highest BCUT2D eigenvalue weighted by Crippen LogP contribution is 2.37. The summed E-state index contributed by atoms with van der Waals surface area (Å²) in [6.45, 7) is 3.03. The Bertz CT molecular complexity index is 1080. The van der Waals surface area contributed by atoms with Gasteiger partial charge in [0.2, 0.25) is 17.7 Å². The molecule has 0 aliphatic carbocycles. The zero-order valence-corrected chi connectivity index (χ0v) is 16.2. The predicted octanol–water partition coefficient (Wildman–Crippen LogP) is 1.84. The highest BCUT2D eigenvalue weighted by atomic mass is 35.5. The highest BCUT2D eigenvalue weighted by molar-refractivity contribution is 6.30. The molecule has 3 aromatic rings. The number of carbonyl (C=O) groups excluding carboxylic acids is 2. The number of pyridine rings is 1. The van der Waals surface area contributed by atoms with E-state index in [0.29, 0.717) is 31.2 Å². The lowest BCUT2D eigenvalue weighted by Crippen LogP contribution is -2.50. The Morgan fingerprint density at radius 2 is 1.69 bits per heavy atom. The fraction of sp³-hybridized carbons (Fsp3) is 0.278. The van der Waals surface area contributed by atoms with Gasteiger partial charge in [-0.15, -0.1) is 0 Å². The van der Waals surface area contributed by atoms with E-state index in [2.05, 4.69) is 15.0 Å². The summed E-state index contributed by atoms with van der Waals surface area (Å²) >= 11 is 5.90. The molecule has 0 saturated carbocycles. The minimum absolute atomic E-state index is 0.000537. The van der Waals surface area contributed by atoms with Crippen LogP contribution in [-0.2, 0) is 4.79 Å². The van der Waals surface area contributed by atoms with Crippen molar-refractivity contribution in [3.63, 3.8) is 0 Å². The number of nitrogens with zero attached hydrogens (tertiary/aromatic N) is 6. The maximum Gasteiger partial charge on any atom is 0.416 e. The van der Waals surface area contributed by atoms with E-state index in [1.165, 1.54) is 35.0 Å². The van der Waals surface area contributed by atoms with Gasteiger partial charge in [0.05, 0.1) is 5.02 Å². The van der Waals surface area contributed by atoms with Gasteiger partial charge in [-0.1, -0.05) is 11.6 Å². The summed E-state index contributed by atoms with van der Waals surface area (Å²) in [7, 11) is 0. The number of fused-ring (bicyclic) bond motifs is 1. The molecule has 0 aromatic carbocycles. The van der Waals surface area contributed by atoms with Gasteiger partial charge >= 0.3 is 6.09 Å². The molecule has 150 valence electrons. The van der Waals surface area contributed by atoms with E-state index < -0.39 is 6.09 Å². The number of halogens is 1. The molecule has 1 aliphatic heterocycles. The van der Waals surface area contributed by atoms with Crippen molar-refractivity contribution in [1.29, 1.82) is 0 Å². The molecular formula is C18H17ClN6O4. The first-order valence-corrected chi connectivity index (χ1v) is 9.22. The summed E-state index contributed by atoms with van der Waals surface area (Å²) in [5.41, 5.74) is 0.394. The number of aromatic hydroxyl groups is 1. The van der Waals surface area contributed by atoms with E-state index in [1.54, 1.807) is 17.0 Å². The van der Waals surface area contributed by atoms with Crippen molar-refractivity contribution in [2.75, 3.05) is 26.2 Å². The molecule has 0 radical (unpaired) electrons. The van der Waals surface area contributed by atoms with Crippen LogP contribution < -0.4 is 4.74 Å². The molecular weight excluding hydrogens is 400 g/mol. The van der Waals surface area contributed by atoms with Crippen molar-refractivity contribution in [2.24, 2.45) is 0 Å². The Morgan fingerprint density at radius 3 is 2.31 bits per heavy atom. The smallest absolute Gasteiger partial charge is 0.416 e. The number of hydrogen-bond acceptors (Lipinski definition) is 7. The van der Waals surface area contributed by atoms with Crippen molar-refractivity contribution in [3.05, 3.63) is 35.7 Å². The first kappa shape index (κ1) is 18.9. The van der Waals surface area contributed by atoms with Crippen LogP contribution in [0.3, 0.4) is 0 Å². The Balaban J connectivity index is 1.68. The number of ether oxygens (including phenoxy) is 1. The van der Waals surface area contributed by atoms with E-state index >= 15 is 0 Å². The van der Waals surface area contributed by atoms with Gasteiger partial charge in [-0.25, -0.2) is 24.3 Å². The van der Waals surface area contributed by atoms with Gasteiger partial charge in [-0.2, -0.15) is 0 Å². The highest BCUT2D eigenvalue weighted by Gasteiger charge is 2.28. The van der Waals surface area contributed by atoms with Crippen LogP contribution in [0.2, 0.25) is 5.02 Å². The largest absolute Gasteiger partial charge is 0.493 e. The predicted molar refractivity (Wildman–Crippen MR) is 103 cm³/mol. The summed E-state index contributed by atoms with van der Waals surface area (Å²) in [5, 5.41) is 11.1. The molecule has 4 heterocycles. The summed E-state index contributed by atoms with van der Waals surface area (Å²) in [4.78, 5) is 39.9. The average molecular weight is 417 g/mol. The first-order valence-electron chi connectivity index (χ1n) is 8.84. The second-order valence-corrected chi connectivity index (χ2v) is 6.85. The molecule has 1 N–H and O–H groups in total. The third kappa shape index (κ3) is 3.54. The molecule has 0 spiro atoms. The van der Waals surface area contributed by atoms with E-state index in [4.69, 9.17) is 16.3 Å². The fourth-order valence-electron chi connectivity index (χ4n) is 3.12. The van der Waals surface area contributed by atoms with Gasteiger partial charge in [0, 0.05) is 51.7 Å². The van der Waals surface area contributed by atoms with E-state index in [-0.39, 0.29) is 34.5 Å². The summed E-state index contributed by atoms with van der Waals surface area (Å²) in [6.07, 6.45) is 3.65. The van der Waals surface area contributed by atoms with E-state index in [1.807, 2.05) is 0 Å².